The van der Waals surface area contributed by atoms with E-state index in [1.807, 2.05) is 37.3 Å². The van der Waals surface area contributed by atoms with Gasteiger partial charge in [-0.15, -0.1) is 0 Å². The average molecular weight is 233 g/mol. The van der Waals surface area contributed by atoms with Crippen molar-refractivity contribution in [3.63, 3.8) is 0 Å². The van der Waals surface area contributed by atoms with Gasteiger partial charge in [0.25, 0.3) is 0 Å². The molecule has 1 N–H and O–H groups in total. The van der Waals surface area contributed by atoms with Gasteiger partial charge in [0.05, 0.1) is 5.92 Å². The van der Waals surface area contributed by atoms with E-state index in [0.29, 0.717) is 0 Å². The van der Waals surface area contributed by atoms with Crippen LogP contribution in [0.25, 0.3) is 0 Å². The Balaban J connectivity index is 2.66. The Hall–Kier alpha value is -1.31. The molecule has 1 atom stereocenters. The molecule has 0 heterocycles. The van der Waals surface area contributed by atoms with Gasteiger partial charge in [-0.05, 0) is 17.4 Å². The third-order valence-electron chi connectivity index (χ3n) is 2.72. The lowest BCUT2D eigenvalue weighted by atomic mass is 9.93. The van der Waals surface area contributed by atoms with Crippen molar-refractivity contribution in [2.45, 2.75) is 40.0 Å². The molecule has 2 heteroatoms. The molecule has 0 fully saturated rings. The molecule has 0 aliphatic rings. The van der Waals surface area contributed by atoms with E-state index in [0.717, 1.165) is 18.5 Å². The van der Waals surface area contributed by atoms with Crippen LogP contribution in [0.3, 0.4) is 0 Å². The zero-order valence-electron chi connectivity index (χ0n) is 11.3. The van der Waals surface area contributed by atoms with Crippen LogP contribution in [0, 0.1) is 5.41 Å². The fraction of sp³-hybridized carbons (Fsp3) is 0.533. The maximum atomic E-state index is 12.1. The minimum Gasteiger partial charge on any atom is -0.355 e. The molecule has 0 bridgehead atoms. The zero-order valence-corrected chi connectivity index (χ0v) is 11.3. The molecule has 1 rings (SSSR count). The summed E-state index contributed by atoms with van der Waals surface area (Å²) in [6.07, 6.45) is 0.833. The van der Waals surface area contributed by atoms with E-state index in [2.05, 4.69) is 26.1 Å². The van der Waals surface area contributed by atoms with E-state index in [4.69, 9.17) is 0 Å². The maximum Gasteiger partial charge on any atom is 0.227 e. The minimum atomic E-state index is -0.0291. The van der Waals surface area contributed by atoms with E-state index in [9.17, 15) is 4.79 Å². The molecule has 1 aromatic carbocycles. The first-order valence-electron chi connectivity index (χ1n) is 6.26. The van der Waals surface area contributed by atoms with E-state index >= 15 is 0 Å². The predicted molar refractivity (Wildman–Crippen MR) is 71.9 cm³/mol. The molecule has 0 saturated heterocycles. The van der Waals surface area contributed by atoms with Gasteiger partial charge < -0.3 is 5.32 Å². The Labute approximate surface area is 104 Å². The van der Waals surface area contributed by atoms with Crippen molar-refractivity contribution in [2.75, 3.05) is 6.54 Å². The average Bonchev–Trinajstić information content (AvgIpc) is 2.28. The first kappa shape index (κ1) is 13.8. The second-order valence-electron chi connectivity index (χ2n) is 5.65. The number of carbonyl (C=O) groups excluding carboxylic acids is 1. The highest BCUT2D eigenvalue weighted by Gasteiger charge is 2.20. The van der Waals surface area contributed by atoms with Crippen LogP contribution in [-0.4, -0.2) is 12.5 Å². The number of rotatable bonds is 4. The minimum absolute atomic E-state index is 0.0291. The van der Waals surface area contributed by atoms with Gasteiger partial charge in [0.2, 0.25) is 5.91 Å². The normalized spacial score (nSPS) is 13.2. The SMILES string of the molecule is CCC(C(=O)NCC(C)(C)C)c1ccccc1. The van der Waals surface area contributed by atoms with Crippen LogP contribution >= 0.6 is 0 Å². The predicted octanol–water partition coefficient (Wildman–Crippen LogP) is 3.34. The molecule has 2 nitrogen and oxygen atoms in total. The van der Waals surface area contributed by atoms with Gasteiger partial charge >= 0.3 is 0 Å². The summed E-state index contributed by atoms with van der Waals surface area (Å²) < 4.78 is 0. The Morgan fingerprint density at radius 1 is 1.24 bits per heavy atom. The summed E-state index contributed by atoms with van der Waals surface area (Å²) in [5.41, 5.74) is 1.23. The second-order valence-corrected chi connectivity index (χ2v) is 5.65. The third kappa shape index (κ3) is 4.59. The van der Waals surface area contributed by atoms with Gasteiger partial charge in [-0.3, -0.25) is 4.79 Å². The Morgan fingerprint density at radius 3 is 2.29 bits per heavy atom. The van der Waals surface area contributed by atoms with Crippen LogP contribution in [0.15, 0.2) is 30.3 Å². The lowest BCUT2D eigenvalue weighted by Crippen LogP contribution is -2.35. The van der Waals surface area contributed by atoms with Crippen molar-refractivity contribution in [3.05, 3.63) is 35.9 Å². The van der Waals surface area contributed by atoms with Gasteiger partial charge in [0.15, 0.2) is 0 Å². The van der Waals surface area contributed by atoms with E-state index in [-0.39, 0.29) is 17.2 Å². The molecule has 17 heavy (non-hydrogen) atoms. The topological polar surface area (TPSA) is 29.1 Å². The highest BCUT2D eigenvalue weighted by Crippen LogP contribution is 2.20. The van der Waals surface area contributed by atoms with Crippen LogP contribution < -0.4 is 5.32 Å². The quantitative estimate of drug-likeness (QED) is 0.849. The van der Waals surface area contributed by atoms with Crippen molar-refractivity contribution in [1.82, 2.24) is 5.32 Å². The second kappa shape index (κ2) is 5.85. The summed E-state index contributed by atoms with van der Waals surface area (Å²) in [7, 11) is 0. The van der Waals surface area contributed by atoms with Gasteiger partial charge in [-0.1, -0.05) is 58.0 Å². The van der Waals surface area contributed by atoms with Crippen LogP contribution in [0.4, 0.5) is 0 Å². The number of carbonyl (C=O) groups is 1. The third-order valence-corrected chi connectivity index (χ3v) is 2.72. The molecule has 0 aliphatic heterocycles. The van der Waals surface area contributed by atoms with Gasteiger partial charge in [0.1, 0.15) is 0 Å². The molecule has 0 aromatic heterocycles. The molecule has 0 saturated carbocycles. The zero-order chi connectivity index (χ0) is 12.9. The largest absolute Gasteiger partial charge is 0.355 e. The van der Waals surface area contributed by atoms with Crippen molar-refractivity contribution >= 4 is 5.91 Å². The van der Waals surface area contributed by atoms with E-state index in [1.165, 1.54) is 0 Å². The van der Waals surface area contributed by atoms with Gasteiger partial charge in [-0.25, -0.2) is 0 Å². The maximum absolute atomic E-state index is 12.1. The molecule has 94 valence electrons. The van der Waals surface area contributed by atoms with Gasteiger partial charge in [0, 0.05) is 6.54 Å². The van der Waals surface area contributed by atoms with Gasteiger partial charge in [-0.2, -0.15) is 0 Å². The molecule has 0 spiro atoms. The Bertz CT molecular complexity index is 351. The number of nitrogens with one attached hydrogen (secondary N) is 1. The summed E-state index contributed by atoms with van der Waals surface area (Å²) in [5.74, 6) is 0.104. The summed E-state index contributed by atoms with van der Waals surface area (Å²) in [6, 6.07) is 9.98. The van der Waals surface area contributed by atoms with E-state index < -0.39 is 0 Å². The summed E-state index contributed by atoms with van der Waals surface area (Å²) >= 11 is 0. The van der Waals surface area contributed by atoms with Crippen molar-refractivity contribution in [1.29, 1.82) is 0 Å². The summed E-state index contributed by atoms with van der Waals surface area (Å²) in [5, 5.41) is 3.03. The fourth-order valence-electron chi connectivity index (χ4n) is 1.73. The molecule has 1 aromatic rings. The van der Waals surface area contributed by atoms with Crippen LogP contribution in [0.2, 0.25) is 0 Å². The molecular formula is C15H23NO. The van der Waals surface area contributed by atoms with Crippen molar-refractivity contribution in [2.24, 2.45) is 5.41 Å². The first-order chi connectivity index (χ1) is 7.94. The number of amides is 1. The summed E-state index contributed by atoms with van der Waals surface area (Å²) in [6.45, 7) is 9.13. The standard InChI is InChI=1S/C15H23NO/c1-5-13(12-9-7-6-8-10-12)14(17)16-11-15(2,3)4/h6-10,13H,5,11H2,1-4H3,(H,16,17). The molecule has 1 amide bonds. The fourth-order valence-corrected chi connectivity index (χ4v) is 1.73. The monoisotopic (exact) mass is 233 g/mol. The molecule has 0 radical (unpaired) electrons. The van der Waals surface area contributed by atoms with Crippen LogP contribution in [0.1, 0.15) is 45.6 Å². The number of hydrogen-bond acceptors (Lipinski definition) is 1. The highest BCUT2D eigenvalue weighted by atomic mass is 16.1. The Kier molecular flexibility index (Phi) is 4.73. The van der Waals surface area contributed by atoms with Crippen molar-refractivity contribution in [3.8, 4) is 0 Å². The molecular weight excluding hydrogens is 210 g/mol. The number of benzene rings is 1. The molecule has 0 aliphatic carbocycles. The first-order valence-corrected chi connectivity index (χ1v) is 6.26. The molecule has 1 unspecified atom stereocenters. The van der Waals surface area contributed by atoms with Crippen LogP contribution in [-0.2, 0) is 4.79 Å². The van der Waals surface area contributed by atoms with Crippen molar-refractivity contribution < 1.29 is 4.79 Å². The lowest BCUT2D eigenvalue weighted by Gasteiger charge is -2.21. The smallest absolute Gasteiger partial charge is 0.227 e. The number of hydrogen-bond donors (Lipinski definition) is 1. The lowest BCUT2D eigenvalue weighted by molar-refractivity contribution is -0.123. The Morgan fingerprint density at radius 2 is 1.82 bits per heavy atom. The highest BCUT2D eigenvalue weighted by molar-refractivity contribution is 5.83. The van der Waals surface area contributed by atoms with E-state index in [1.54, 1.807) is 0 Å². The van der Waals surface area contributed by atoms with Crippen LogP contribution in [0.5, 0.6) is 0 Å². The summed E-state index contributed by atoms with van der Waals surface area (Å²) in [4.78, 5) is 12.1.